The zero-order chi connectivity index (χ0) is 21.0. The monoisotopic (exact) mass is 404 g/mol. The normalized spacial score (nSPS) is 29.2. The average Bonchev–Trinajstić information content (AvgIpc) is 3.30. The number of hydrogen-bond acceptors (Lipinski definition) is 8. The van der Waals surface area contributed by atoms with Crippen LogP contribution in [0.15, 0.2) is 30.7 Å². The second kappa shape index (κ2) is 6.58. The molecule has 9 nitrogen and oxygen atoms in total. The smallest absolute Gasteiger partial charge is 0.209 e. The number of imidazole rings is 1. The summed E-state index contributed by atoms with van der Waals surface area (Å²) in [4.78, 5) is 29.7. The minimum absolute atomic E-state index is 0.0987. The molecule has 152 valence electrons. The maximum atomic E-state index is 12.2. The minimum atomic E-state index is -1.10. The van der Waals surface area contributed by atoms with E-state index in [9.17, 15) is 15.0 Å². The number of aliphatic hydroxyl groups is 2. The molecular weight excluding hydrogens is 384 g/mol. The van der Waals surface area contributed by atoms with Gasteiger partial charge in [-0.3, -0.25) is 4.79 Å². The van der Waals surface area contributed by atoms with Gasteiger partial charge in [-0.1, -0.05) is 6.07 Å². The lowest BCUT2D eigenvalue weighted by atomic mass is 9.95. The van der Waals surface area contributed by atoms with E-state index in [1.54, 1.807) is 30.2 Å². The van der Waals surface area contributed by atoms with Gasteiger partial charge in [0.15, 0.2) is 17.0 Å². The molecule has 0 aromatic carbocycles. The highest BCUT2D eigenvalue weighted by Gasteiger charge is 2.74. The predicted molar refractivity (Wildman–Crippen MR) is 107 cm³/mol. The Kier molecular flexibility index (Phi) is 4.10. The summed E-state index contributed by atoms with van der Waals surface area (Å²) in [7, 11) is 1.73. The SMILES string of the molecule is CNc1nc(C#Cc2ccccn2)nc2c1ncn2[C@@H]1C2C[C@]2(C(C)=O)C(O)[C@H]1O. The lowest BCUT2D eigenvalue weighted by Gasteiger charge is -2.23. The highest BCUT2D eigenvalue weighted by Crippen LogP contribution is 2.68. The van der Waals surface area contributed by atoms with Crippen molar-refractivity contribution in [3.63, 3.8) is 0 Å². The number of hydrogen-bond donors (Lipinski definition) is 3. The summed E-state index contributed by atoms with van der Waals surface area (Å²) in [6.45, 7) is 1.47. The molecule has 3 heterocycles. The molecule has 0 bridgehead atoms. The minimum Gasteiger partial charge on any atom is -0.389 e. The number of nitrogens with zero attached hydrogens (tertiary/aromatic N) is 5. The zero-order valence-electron chi connectivity index (χ0n) is 16.4. The predicted octanol–water partition coefficient (Wildman–Crippen LogP) is 0.535. The first-order valence-electron chi connectivity index (χ1n) is 9.70. The van der Waals surface area contributed by atoms with E-state index in [2.05, 4.69) is 37.1 Å². The van der Waals surface area contributed by atoms with Crippen LogP contribution in [0.3, 0.4) is 0 Å². The van der Waals surface area contributed by atoms with Gasteiger partial charge >= 0.3 is 0 Å². The van der Waals surface area contributed by atoms with Gasteiger partial charge in [0.25, 0.3) is 0 Å². The summed E-state index contributed by atoms with van der Waals surface area (Å²) in [5.74, 6) is 6.38. The van der Waals surface area contributed by atoms with Crippen molar-refractivity contribution in [1.29, 1.82) is 0 Å². The highest BCUT2D eigenvalue weighted by molar-refractivity contribution is 5.88. The molecule has 5 atom stereocenters. The molecule has 0 spiro atoms. The molecular formula is C21H20N6O3. The molecule has 3 aromatic rings. The Bertz CT molecular complexity index is 1210. The van der Waals surface area contributed by atoms with Crippen molar-refractivity contribution < 1.29 is 15.0 Å². The van der Waals surface area contributed by atoms with Crippen LogP contribution in [0.1, 0.15) is 30.9 Å². The summed E-state index contributed by atoms with van der Waals surface area (Å²) < 4.78 is 1.74. The van der Waals surface area contributed by atoms with E-state index < -0.39 is 23.7 Å². The molecule has 9 heteroatoms. The maximum Gasteiger partial charge on any atom is 0.209 e. The average molecular weight is 404 g/mol. The van der Waals surface area contributed by atoms with E-state index in [1.165, 1.54) is 6.92 Å². The molecule has 2 saturated carbocycles. The maximum absolute atomic E-state index is 12.2. The van der Waals surface area contributed by atoms with E-state index >= 15 is 0 Å². The van der Waals surface area contributed by atoms with E-state index in [0.29, 0.717) is 29.1 Å². The summed E-state index contributed by atoms with van der Waals surface area (Å²) in [6.07, 6.45) is 1.59. The van der Waals surface area contributed by atoms with Crippen LogP contribution < -0.4 is 5.32 Å². The van der Waals surface area contributed by atoms with Gasteiger partial charge < -0.3 is 20.1 Å². The molecule has 0 amide bonds. The Morgan fingerprint density at radius 1 is 1.27 bits per heavy atom. The summed E-state index contributed by atoms with van der Waals surface area (Å²) in [5.41, 5.74) is 0.742. The number of Topliss-reactive ketones (excluding diaryl/α,β-unsaturated/α-hetero) is 1. The molecule has 2 aliphatic rings. The molecule has 0 saturated heterocycles. The van der Waals surface area contributed by atoms with E-state index in [1.807, 2.05) is 12.1 Å². The number of carbonyl (C=O) groups excluding carboxylic acids is 1. The number of rotatable bonds is 3. The van der Waals surface area contributed by atoms with Crippen LogP contribution in [0.5, 0.6) is 0 Å². The van der Waals surface area contributed by atoms with E-state index in [-0.39, 0.29) is 17.5 Å². The van der Waals surface area contributed by atoms with Gasteiger partial charge in [-0.15, -0.1) is 0 Å². The largest absolute Gasteiger partial charge is 0.389 e. The molecule has 0 radical (unpaired) electrons. The van der Waals surface area contributed by atoms with Crippen LogP contribution in [0, 0.1) is 23.2 Å². The van der Waals surface area contributed by atoms with Crippen molar-refractivity contribution in [2.24, 2.45) is 11.3 Å². The fourth-order valence-corrected chi connectivity index (χ4v) is 4.69. The van der Waals surface area contributed by atoms with Crippen molar-refractivity contribution in [1.82, 2.24) is 24.5 Å². The van der Waals surface area contributed by atoms with Gasteiger partial charge in [-0.2, -0.15) is 0 Å². The first-order chi connectivity index (χ1) is 14.5. The lowest BCUT2D eigenvalue weighted by molar-refractivity contribution is -0.128. The summed E-state index contributed by atoms with van der Waals surface area (Å²) in [6, 6.07) is 4.95. The summed E-state index contributed by atoms with van der Waals surface area (Å²) >= 11 is 0. The Morgan fingerprint density at radius 2 is 2.10 bits per heavy atom. The molecule has 30 heavy (non-hydrogen) atoms. The van der Waals surface area contributed by atoms with Gasteiger partial charge in [-0.05, 0) is 43.2 Å². The van der Waals surface area contributed by atoms with Crippen LogP contribution in [-0.2, 0) is 4.79 Å². The fraction of sp³-hybridized carbons (Fsp3) is 0.381. The number of nitrogens with one attached hydrogen (secondary N) is 1. The second-order valence-electron chi connectivity index (χ2n) is 7.77. The van der Waals surface area contributed by atoms with Crippen LogP contribution in [0.25, 0.3) is 11.2 Å². The van der Waals surface area contributed by atoms with Crippen molar-refractivity contribution >= 4 is 22.8 Å². The van der Waals surface area contributed by atoms with Crippen molar-refractivity contribution in [3.05, 3.63) is 42.2 Å². The van der Waals surface area contributed by atoms with Crippen LogP contribution in [-0.4, -0.2) is 59.8 Å². The van der Waals surface area contributed by atoms with Gasteiger partial charge in [0.05, 0.1) is 23.9 Å². The number of aromatic nitrogens is 5. The standard InChI is InChI=1S/C21H20N6O3/c1-11(28)21-9-13(21)16(17(29)18(21)30)27-10-24-15-19(22-2)25-14(26-20(15)27)7-6-12-5-3-4-8-23-12/h3-5,8,10,13,16-18,29-30H,9H2,1-2H3,(H,22,25,26)/t13?,16-,17+,18?,21-/m1/s1. The molecule has 3 aromatic heterocycles. The van der Waals surface area contributed by atoms with Crippen molar-refractivity contribution in [2.75, 3.05) is 12.4 Å². The number of anilines is 1. The molecule has 2 fully saturated rings. The third kappa shape index (κ3) is 2.54. The number of carbonyl (C=O) groups is 1. The summed E-state index contributed by atoms with van der Waals surface area (Å²) in [5, 5.41) is 24.3. The van der Waals surface area contributed by atoms with E-state index in [0.717, 1.165) is 0 Å². The number of ketones is 1. The Hall–Kier alpha value is -3.35. The van der Waals surface area contributed by atoms with Crippen molar-refractivity contribution in [3.8, 4) is 11.8 Å². The number of pyridine rings is 1. The first-order valence-corrected chi connectivity index (χ1v) is 9.70. The fourth-order valence-electron chi connectivity index (χ4n) is 4.69. The number of fused-ring (bicyclic) bond motifs is 2. The zero-order valence-corrected chi connectivity index (χ0v) is 16.4. The van der Waals surface area contributed by atoms with E-state index in [4.69, 9.17) is 0 Å². The number of aliphatic hydroxyl groups excluding tert-OH is 2. The quantitative estimate of drug-likeness (QED) is 0.540. The second-order valence-corrected chi connectivity index (χ2v) is 7.77. The third-order valence-corrected chi connectivity index (χ3v) is 6.27. The van der Waals surface area contributed by atoms with Crippen LogP contribution >= 0.6 is 0 Å². The lowest BCUT2D eigenvalue weighted by Crippen LogP contribution is -2.36. The third-order valence-electron chi connectivity index (χ3n) is 6.27. The van der Waals surface area contributed by atoms with Gasteiger partial charge in [0.2, 0.25) is 5.82 Å². The Morgan fingerprint density at radius 3 is 2.77 bits per heavy atom. The van der Waals surface area contributed by atoms with Crippen molar-refractivity contribution in [2.45, 2.75) is 31.6 Å². The molecule has 0 aliphatic heterocycles. The molecule has 5 rings (SSSR count). The van der Waals surface area contributed by atoms with Gasteiger partial charge in [-0.25, -0.2) is 19.9 Å². The Labute approximate surface area is 172 Å². The van der Waals surface area contributed by atoms with Crippen LogP contribution in [0.4, 0.5) is 5.82 Å². The molecule has 3 N–H and O–H groups in total. The van der Waals surface area contributed by atoms with Gasteiger partial charge in [0, 0.05) is 13.2 Å². The highest BCUT2D eigenvalue weighted by atomic mass is 16.3. The first kappa shape index (κ1) is 18.7. The van der Waals surface area contributed by atoms with Gasteiger partial charge in [0.1, 0.15) is 17.6 Å². The molecule has 2 aliphatic carbocycles. The topological polar surface area (TPSA) is 126 Å². The Balaban J connectivity index is 1.60. The van der Waals surface area contributed by atoms with Crippen LogP contribution in [0.2, 0.25) is 0 Å². The molecule has 2 unspecified atom stereocenters.